The van der Waals surface area contributed by atoms with Crippen LogP contribution < -0.4 is 5.73 Å². The number of carboxylic acids is 1. The lowest BCUT2D eigenvalue weighted by atomic mass is 9.96. The third-order valence-corrected chi connectivity index (χ3v) is 3.63. The normalized spacial score (nSPS) is 29.5. The zero-order valence-corrected chi connectivity index (χ0v) is 8.33. The predicted octanol–water partition coefficient (Wildman–Crippen LogP) is 1.14. The fraction of sp³-hybridized carbons (Fsp3) is 0.300. The number of nitrogens with two attached hydrogens (primary N) is 1. The van der Waals surface area contributed by atoms with Gasteiger partial charge in [0, 0.05) is 17.7 Å². The quantitative estimate of drug-likeness (QED) is 0.716. The van der Waals surface area contributed by atoms with Crippen molar-refractivity contribution in [3.63, 3.8) is 0 Å². The largest absolute Gasteiger partial charge is 0.477 e. The molecule has 0 saturated carbocycles. The first-order chi connectivity index (χ1) is 6.70. The van der Waals surface area contributed by atoms with Crippen LogP contribution in [-0.4, -0.2) is 22.9 Å². The summed E-state index contributed by atoms with van der Waals surface area (Å²) < 4.78 is 0. The van der Waals surface area contributed by atoms with Crippen molar-refractivity contribution in [1.29, 1.82) is 0 Å². The fourth-order valence-corrected chi connectivity index (χ4v) is 2.80. The number of hydrogen-bond donors (Lipinski definition) is 2. The molecule has 0 aromatic rings. The van der Waals surface area contributed by atoms with E-state index in [0.717, 1.165) is 5.57 Å². The molecule has 1 aliphatic carbocycles. The maximum Gasteiger partial charge on any atom is 0.341 e. The van der Waals surface area contributed by atoms with Gasteiger partial charge in [0.25, 0.3) is 0 Å². The number of fused-ring (bicyclic) bond motifs is 1. The van der Waals surface area contributed by atoms with Crippen LogP contribution in [0.4, 0.5) is 0 Å². The van der Waals surface area contributed by atoms with Crippen LogP contribution in [0.15, 0.2) is 34.8 Å². The van der Waals surface area contributed by atoms with Gasteiger partial charge in [-0.05, 0) is 5.57 Å². The molecule has 74 valence electrons. The van der Waals surface area contributed by atoms with Crippen molar-refractivity contribution < 1.29 is 9.90 Å². The van der Waals surface area contributed by atoms with E-state index in [-0.39, 0.29) is 11.2 Å². The van der Waals surface area contributed by atoms with E-state index in [1.54, 1.807) is 6.08 Å². The van der Waals surface area contributed by atoms with Crippen molar-refractivity contribution in [2.24, 2.45) is 11.7 Å². The Hall–Kier alpha value is -1.00. The molecule has 0 aromatic heterocycles. The van der Waals surface area contributed by atoms with Crippen molar-refractivity contribution in [2.75, 3.05) is 6.54 Å². The Morgan fingerprint density at radius 2 is 2.36 bits per heavy atom. The number of thioether (sulfide) groups is 1. The Labute approximate surface area is 86.4 Å². The van der Waals surface area contributed by atoms with Gasteiger partial charge in [-0.15, -0.1) is 11.8 Å². The molecule has 2 unspecified atom stereocenters. The molecular formula is C10H11NO2S. The van der Waals surface area contributed by atoms with E-state index in [1.165, 1.54) is 11.8 Å². The van der Waals surface area contributed by atoms with E-state index >= 15 is 0 Å². The van der Waals surface area contributed by atoms with E-state index in [2.05, 4.69) is 6.08 Å². The second kappa shape index (κ2) is 3.63. The van der Waals surface area contributed by atoms with Crippen LogP contribution in [0.2, 0.25) is 0 Å². The minimum atomic E-state index is -0.833. The van der Waals surface area contributed by atoms with Crippen molar-refractivity contribution in [3.8, 4) is 0 Å². The molecule has 0 amide bonds. The molecule has 3 nitrogen and oxygen atoms in total. The summed E-state index contributed by atoms with van der Waals surface area (Å²) in [5.74, 6) is -0.609. The molecule has 4 heteroatoms. The highest BCUT2D eigenvalue weighted by atomic mass is 32.2. The van der Waals surface area contributed by atoms with Gasteiger partial charge in [0.2, 0.25) is 0 Å². The average Bonchev–Trinajstić information content (AvgIpc) is 2.59. The van der Waals surface area contributed by atoms with Gasteiger partial charge in [-0.25, -0.2) is 4.79 Å². The minimum Gasteiger partial charge on any atom is -0.477 e. The van der Waals surface area contributed by atoms with Crippen LogP contribution in [0, 0.1) is 5.92 Å². The highest BCUT2D eigenvalue weighted by Gasteiger charge is 2.29. The summed E-state index contributed by atoms with van der Waals surface area (Å²) in [6.45, 7) is 0.517. The lowest BCUT2D eigenvalue weighted by Gasteiger charge is -2.16. The molecule has 3 N–H and O–H groups in total. The number of hydrogen-bond acceptors (Lipinski definition) is 3. The topological polar surface area (TPSA) is 63.3 Å². The Morgan fingerprint density at radius 3 is 3.00 bits per heavy atom. The van der Waals surface area contributed by atoms with Gasteiger partial charge in [0.15, 0.2) is 0 Å². The van der Waals surface area contributed by atoms with Gasteiger partial charge >= 0.3 is 5.97 Å². The van der Waals surface area contributed by atoms with Gasteiger partial charge in [-0.2, -0.15) is 0 Å². The minimum absolute atomic E-state index is 0.224. The number of carbonyl (C=O) groups is 1. The first kappa shape index (κ1) is 9.55. The summed E-state index contributed by atoms with van der Waals surface area (Å²) in [5, 5.41) is 9.05. The predicted molar refractivity (Wildman–Crippen MR) is 56.9 cm³/mol. The molecule has 0 spiro atoms. The van der Waals surface area contributed by atoms with E-state index in [0.29, 0.717) is 11.4 Å². The molecule has 0 radical (unpaired) electrons. The second-order valence-corrected chi connectivity index (χ2v) is 4.52. The second-order valence-electron chi connectivity index (χ2n) is 3.30. The zero-order valence-electron chi connectivity index (χ0n) is 7.51. The van der Waals surface area contributed by atoms with Crippen LogP contribution >= 0.6 is 11.8 Å². The maximum absolute atomic E-state index is 10.7. The van der Waals surface area contributed by atoms with Crippen molar-refractivity contribution in [2.45, 2.75) is 5.25 Å². The Kier molecular flexibility index (Phi) is 2.48. The molecule has 2 aliphatic rings. The first-order valence-corrected chi connectivity index (χ1v) is 5.29. The third kappa shape index (κ3) is 1.63. The Morgan fingerprint density at radius 1 is 1.57 bits per heavy atom. The molecule has 1 aliphatic heterocycles. The van der Waals surface area contributed by atoms with Crippen LogP contribution in [0.5, 0.6) is 0 Å². The van der Waals surface area contributed by atoms with Crippen LogP contribution in [-0.2, 0) is 4.79 Å². The number of carboxylic acid groups (broad SMARTS) is 1. The molecule has 14 heavy (non-hydrogen) atoms. The van der Waals surface area contributed by atoms with Gasteiger partial charge in [-0.1, -0.05) is 24.3 Å². The SMILES string of the molecule is NCC1=CC2SC(C(=O)O)=CC2C=C1. The molecule has 0 bridgehead atoms. The van der Waals surface area contributed by atoms with Crippen LogP contribution in [0.25, 0.3) is 0 Å². The van der Waals surface area contributed by atoms with Gasteiger partial charge in [0.05, 0.1) is 4.91 Å². The average molecular weight is 209 g/mol. The van der Waals surface area contributed by atoms with Crippen molar-refractivity contribution in [3.05, 3.63) is 34.8 Å². The first-order valence-electron chi connectivity index (χ1n) is 4.41. The summed E-state index contributed by atoms with van der Waals surface area (Å²) in [7, 11) is 0. The van der Waals surface area contributed by atoms with E-state index in [4.69, 9.17) is 10.8 Å². The molecule has 0 fully saturated rings. The lowest BCUT2D eigenvalue weighted by molar-refractivity contribution is -0.131. The smallest absolute Gasteiger partial charge is 0.341 e. The molecule has 0 saturated heterocycles. The summed E-state index contributed by atoms with van der Waals surface area (Å²) >= 11 is 1.40. The monoisotopic (exact) mass is 209 g/mol. The van der Waals surface area contributed by atoms with Gasteiger partial charge < -0.3 is 10.8 Å². The highest BCUT2D eigenvalue weighted by Crippen LogP contribution is 2.40. The highest BCUT2D eigenvalue weighted by molar-refractivity contribution is 8.05. The van der Waals surface area contributed by atoms with E-state index in [9.17, 15) is 4.79 Å². The Balaban J connectivity index is 2.17. The van der Waals surface area contributed by atoms with E-state index in [1.807, 2.05) is 12.2 Å². The lowest BCUT2D eigenvalue weighted by Crippen LogP contribution is -2.14. The number of aliphatic carboxylic acids is 1. The summed E-state index contributed by atoms with van der Waals surface area (Å²) in [6.07, 6.45) is 7.86. The maximum atomic E-state index is 10.7. The van der Waals surface area contributed by atoms with E-state index < -0.39 is 5.97 Å². The summed E-state index contributed by atoms with van der Waals surface area (Å²) in [4.78, 5) is 11.2. The molecule has 2 atom stereocenters. The van der Waals surface area contributed by atoms with Crippen molar-refractivity contribution >= 4 is 17.7 Å². The van der Waals surface area contributed by atoms with Crippen LogP contribution in [0.1, 0.15) is 0 Å². The summed E-state index contributed by atoms with van der Waals surface area (Å²) in [6, 6.07) is 0. The van der Waals surface area contributed by atoms with Crippen LogP contribution in [0.3, 0.4) is 0 Å². The fourth-order valence-electron chi connectivity index (χ4n) is 1.60. The molecule has 0 aromatic carbocycles. The molecule has 2 rings (SSSR count). The van der Waals surface area contributed by atoms with Gasteiger partial charge in [-0.3, -0.25) is 0 Å². The van der Waals surface area contributed by atoms with Crippen molar-refractivity contribution in [1.82, 2.24) is 0 Å². The third-order valence-electron chi connectivity index (χ3n) is 2.34. The number of rotatable bonds is 2. The Bertz CT molecular complexity index is 357. The van der Waals surface area contributed by atoms with Gasteiger partial charge in [0.1, 0.15) is 0 Å². The zero-order chi connectivity index (χ0) is 10.1. The molecular weight excluding hydrogens is 198 g/mol. The molecule has 1 heterocycles. The summed E-state index contributed by atoms with van der Waals surface area (Å²) in [5.41, 5.74) is 6.60. The standard InChI is InChI=1S/C10H11NO2S/c11-5-6-1-2-7-4-9(10(12)13)14-8(7)3-6/h1-4,7-8H,5,11H2,(H,12,13). The number of allylic oxidation sites excluding steroid dienone is 2.